The van der Waals surface area contributed by atoms with Crippen molar-refractivity contribution >= 4 is 26.6 Å². The first kappa shape index (κ1) is 17.2. The molecule has 1 aliphatic heterocycles. The predicted molar refractivity (Wildman–Crippen MR) is 83.7 cm³/mol. The molecule has 0 bridgehead atoms. The summed E-state index contributed by atoms with van der Waals surface area (Å²) < 4.78 is 64.6. The lowest BCUT2D eigenvalue weighted by Gasteiger charge is -2.20. The normalized spacial score (nSPS) is 19.4. The second-order valence-corrected chi connectivity index (χ2v) is 7.46. The van der Waals surface area contributed by atoms with E-state index in [-0.39, 0.29) is 5.52 Å². The molecule has 132 valence electrons. The van der Waals surface area contributed by atoms with E-state index in [4.69, 9.17) is 5.73 Å². The van der Waals surface area contributed by atoms with Gasteiger partial charge in [0.05, 0.1) is 22.9 Å². The Bertz CT molecular complexity index is 1080. The first-order valence-corrected chi connectivity index (χ1v) is 8.69. The molecule has 0 fully saturated rings. The lowest BCUT2D eigenvalue weighted by atomic mass is 10.0. The maximum atomic E-state index is 13.5. The highest BCUT2D eigenvalue weighted by Gasteiger charge is 2.40. The Balaban J connectivity index is 2.49. The molecular formula is C15H11F3N2O4S. The molecule has 1 aromatic heterocycles. The number of pyridine rings is 1. The molecule has 2 heterocycles. The molecule has 0 saturated carbocycles. The van der Waals surface area contributed by atoms with Crippen LogP contribution in [0.3, 0.4) is 0 Å². The maximum absolute atomic E-state index is 13.5. The molecule has 25 heavy (non-hydrogen) atoms. The third-order valence-corrected chi connectivity index (χ3v) is 5.27. The highest BCUT2D eigenvalue weighted by atomic mass is 32.2. The number of rotatable bonds is 2. The number of allylic oxidation sites excluding steroid dienone is 1. The first-order chi connectivity index (χ1) is 11.5. The lowest BCUT2D eigenvalue weighted by molar-refractivity contribution is -0.136. The largest absolute Gasteiger partial charge is 0.418 e. The van der Waals surface area contributed by atoms with Gasteiger partial charge in [-0.25, -0.2) is 8.42 Å². The van der Waals surface area contributed by atoms with Gasteiger partial charge < -0.3 is 5.73 Å². The molecule has 3 rings (SSSR count). The van der Waals surface area contributed by atoms with Gasteiger partial charge in [-0.05, 0) is 12.1 Å². The number of halogens is 3. The first-order valence-electron chi connectivity index (χ1n) is 6.98. The number of sulfone groups is 1. The summed E-state index contributed by atoms with van der Waals surface area (Å²) in [4.78, 5) is 24.2. The van der Waals surface area contributed by atoms with Crippen molar-refractivity contribution in [3.8, 4) is 0 Å². The van der Waals surface area contributed by atoms with Crippen LogP contribution < -0.4 is 11.3 Å². The van der Waals surface area contributed by atoms with Crippen molar-refractivity contribution < 1.29 is 26.4 Å². The van der Waals surface area contributed by atoms with Crippen molar-refractivity contribution in [2.75, 3.05) is 5.75 Å². The van der Waals surface area contributed by atoms with E-state index in [0.717, 1.165) is 16.0 Å². The zero-order valence-corrected chi connectivity index (χ0v) is 13.3. The van der Waals surface area contributed by atoms with Gasteiger partial charge in [-0.1, -0.05) is 18.2 Å². The van der Waals surface area contributed by atoms with Crippen LogP contribution in [0.4, 0.5) is 13.2 Å². The number of hydrogen-bond acceptors (Lipinski definition) is 4. The van der Waals surface area contributed by atoms with Crippen LogP contribution in [0.1, 0.15) is 22.0 Å². The van der Waals surface area contributed by atoms with Gasteiger partial charge in [-0.3, -0.25) is 14.2 Å². The zero-order chi connectivity index (χ0) is 18.6. The summed E-state index contributed by atoms with van der Waals surface area (Å²) in [5.41, 5.74) is 1.01. The summed E-state index contributed by atoms with van der Waals surface area (Å²) >= 11 is 0. The van der Waals surface area contributed by atoms with Crippen molar-refractivity contribution in [1.29, 1.82) is 0 Å². The number of alkyl halides is 3. The van der Waals surface area contributed by atoms with Crippen molar-refractivity contribution in [3.63, 3.8) is 0 Å². The van der Waals surface area contributed by atoms with E-state index in [2.05, 4.69) is 0 Å². The molecule has 0 radical (unpaired) electrons. The molecule has 2 N–H and O–H groups in total. The molecule has 1 atom stereocenters. The summed E-state index contributed by atoms with van der Waals surface area (Å²) in [6, 6.07) is 4.07. The number of fused-ring (bicyclic) bond motifs is 1. The van der Waals surface area contributed by atoms with E-state index in [0.29, 0.717) is 0 Å². The molecule has 0 spiro atoms. The smallest absolute Gasteiger partial charge is 0.365 e. The SMILES string of the molecule is NC(=O)c1c(C(F)(F)F)c2ccccc2n([C@@H]2C=CS(=O)(=O)C2)c1=O. The Morgan fingerprint density at radius 3 is 2.40 bits per heavy atom. The van der Waals surface area contributed by atoms with Crippen LogP contribution in [0.25, 0.3) is 10.9 Å². The fraction of sp³-hybridized carbons (Fsp3) is 0.200. The molecule has 0 aliphatic carbocycles. The van der Waals surface area contributed by atoms with E-state index < -0.39 is 55.8 Å². The fourth-order valence-corrected chi connectivity index (χ4v) is 4.21. The Hall–Kier alpha value is -2.62. The second kappa shape index (κ2) is 5.45. The Morgan fingerprint density at radius 2 is 1.88 bits per heavy atom. The number of benzene rings is 1. The number of amides is 1. The van der Waals surface area contributed by atoms with E-state index in [9.17, 15) is 31.2 Å². The summed E-state index contributed by atoms with van der Waals surface area (Å²) in [5, 5.41) is 0.488. The van der Waals surface area contributed by atoms with Crippen LogP contribution in [0.15, 0.2) is 40.5 Å². The summed E-state index contributed by atoms with van der Waals surface area (Å²) in [6.45, 7) is 0. The third-order valence-electron chi connectivity index (χ3n) is 3.89. The van der Waals surface area contributed by atoms with Gasteiger partial charge in [0.1, 0.15) is 5.56 Å². The Labute approximate surface area is 139 Å². The van der Waals surface area contributed by atoms with Crippen molar-refractivity contribution in [3.05, 3.63) is 57.2 Å². The molecule has 0 unspecified atom stereocenters. The van der Waals surface area contributed by atoms with E-state index in [1.54, 1.807) is 0 Å². The minimum Gasteiger partial charge on any atom is -0.365 e. The summed E-state index contributed by atoms with van der Waals surface area (Å²) in [5.74, 6) is -2.01. The van der Waals surface area contributed by atoms with Crippen LogP contribution in [-0.4, -0.2) is 24.6 Å². The maximum Gasteiger partial charge on any atom is 0.418 e. The topological polar surface area (TPSA) is 99.2 Å². The molecule has 1 amide bonds. The Morgan fingerprint density at radius 1 is 1.24 bits per heavy atom. The molecule has 10 heteroatoms. The molecule has 6 nitrogen and oxygen atoms in total. The van der Waals surface area contributed by atoms with Gasteiger partial charge in [-0.15, -0.1) is 0 Å². The molecule has 1 aliphatic rings. The quantitative estimate of drug-likeness (QED) is 0.866. The Kier molecular flexibility index (Phi) is 3.75. The number of nitrogens with zero attached hydrogens (tertiary/aromatic N) is 1. The van der Waals surface area contributed by atoms with Gasteiger partial charge >= 0.3 is 6.18 Å². The minimum atomic E-state index is -4.99. The van der Waals surface area contributed by atoms with E-state index >= 15 is 0 Å². The monoisotopic (exact) mass is 372 g/mol. The molecule has 1 aromatic carbocycles. The number of primary amides is 1. The van der Waals surface area contributed by atoms with Gasteiger partial charge in [0.15, 0.2) is 9.84 Å². The number of nitrogens with two attached hydrogens (primary N) is 1. The lowest BCUT2D eigenvalue weighted by Crippen LogP contribution is -2.36. The van der Waals surface area contributed by atoms with E-state index in [1.165, 1.54) is 24.3 Å². The highest BCUT2D eigenvalue weighted by molar-refractivity contribution is 7.94. The molecular weight excluding hydrogens is 361 g/mol. The van der Waals surface area contributed by atoms with Crippen molar-refractivity contribution in [1.82, 2.24) is 4.57 Å². The van der Waals surface area contributed by atoms with E-state index in [1.807, 2.05) is 0 Å². The average molecular weight is 372 g/mol. The van der Waals surface area contributed by atoms with Crippen molar-refractivity contribution in [2.24, 2.45) is 5.73 Å². The number of carbonyl (C=O) groups excluding carboxylic acids is 1. The van der Waals surface area contributed by atoms with Crippen LogP contribution in [0.5, 0.6) is 0 Å². The van der Waals surface area contributed by atoms with Gasteiger partial charge in [-0.2, -0.15) is 13.2 Å². The third kappa shape index (κ3) is 2.82. The van der Waals surface area contributed by atoms with Crippen molar-refractivity contribution in [2.45, 2.75) is 12.2 Å². The van der Waals surface area contributed by atoms with Gasteiger partial charge in [0.2, 0.25) is 0 Å². The number of carbonyl (C=O) groups is 1. The minimum absolute atomic E-state index is 0.128. The van der Waals surface area contributed by atoms with Crippen LogP contribution >= 0.6 is 0 Å². The predicted octanol–water partition coefficient (Wildman–Crippen LogP) is 1.60. The van der Waals surface area contributed by atoms with Crippen LogP contribution in [0.2, 0.25) is 0 Å². The standard InChI is InChI=1S/C15H11F3N2O4S/c16-15(17,18)12-9-3-1-2-4-10(9)20(14(22)11(12)13(19)21)8-5-6-25(23,24)7-8/h1-6,8H,7H2,(H2,19,21)/t8-/m1/s1. The summed E-state index contributed by atoms with van der Waals surface area (Å²) in [7, 11) is -3.58. The summed E-state index contributed by atoms with van der Waals surface area (Å²) in [6.07, 6.45) is -3.79. The zero-order valence-electron chi connectivity index (χ0n) is 12.4. The average Bonchev–Trinajstić information content (AvgIpc) is 2.84. The van der Waals surface area contributed by atoms with Crippen LogP contribution in [0, 0.1) is 0 Å². The number of aromatic nitrogens is 1. The second-order valence-electron chi connectivity index (χ2n) is 5.53. The molecule has 2 aromatic rings. The highest BCUT2D eigenvalue weighted by Crippen LogP contribution is 2.37. The van der Waals surface area contributed by atoms with Crippen LogP contribution in [-0.2, 0) is 16.0 Å². The number of para-hydroxylation sites is 1. The van der Waals surface area contributed by atoms with Gasteiger partial charge in [0.25, 0.3) is 11.5 Å². The fourth-order valence-electron chi connectivity index (χ4n) is 2.94. The van der Waals surface area contributed by atoms with Gasteiger partial charge in [0, 0.05) is 10.8 Å². The number of hydrogen-bond donors (Lipinski definition) is 1. The molecule has 0 saturated heterocycles.